The van der Waals surface area contributed by atoms with Gasteiger partial charge in [0.2, 0.25) is 5.91 Å². The van der Waals surface area contributed by atoms with Crippen LogP contribution >= 0.6 is 0 Å². The molecule has 0 aliphatic rings. The molecule has 170 valence electrons. The highest BCUT2D eigenvalue weighted by molar-refractivity contribution is 6.03. The molecule has 0 spiro atoms. The quantitative estimate of drug-likeness (QED) is 0.294. The number of fused-ring (bicyclic) bond motifs is 1. The van der Waals surface area contributed by atoms with Crippen molar-refractivity contribution in [1.29, 1.82) is 0 Å². The smallest absolute Gasteiger partial charge is 0.271 e. The minimum atomic E-state index is -0.433. The molecule has 2 N–H and O–H groups in total. The Balaban J connectivity index is 1.56. The number of carbonyl (C=O) groups is 2. The molecule has 0 unspecified atom stereocenters. The Morgan fingerprint density at radius 2 is 1.76 bits per heavy atom. The second-order valence-electron chi connectivity index (χ2n) is 7.54. The van der Waals surface area contributed by atoms with Gasteiger partial charge in [0, 0.05) is 29.3 Å². The minimum Gasteiger partial charge on any atom is -0.488 e. The van der Waals surface area contributed by atoms with Crippen LogP contribution in [-0.4, -0.2) is 18.0 Å². The van der Waals surface area contributed by atoms with Crippen LogP contribution < -0.4 is 15.5 Å². The van der Waals surface area contributed by atoms with E-state index in [4.69, 9.17) is 4.74 Å². The number of benzene rings is 4. The molecule has 34 heavy (non-hydrogen) atoms. The predicted octanol–water partition coefficient (Wildman–Crippen LogP) is 5.28. The van der Waals surface area contributed by atoms with Gasteiger partial charge in [-0.1, -0.05) is 54.6 Å². The van der Waals surface area contributed by atoms with Gasteiger partial charge in [-0.05, 0) is 41.1 Å². The van der Waals surface area contributed by atoms with E-state index in [-0.39, 0.29) is 18.3 Å². The molecule has 0 heterocycles. The molecular formula is C27H22FN3O3. The van der Waals surface area contributed by atoms with E-state index >= 15 is 0 Å². The zero-order valence-electron chi connectivity index (χ0n) is 18.4. The summed E-state index contributed by atoms with van der Waals surface area (Å²) in [6.45, 7) is 1.45. The van der Waals surface area contributed by atoms with Crippen LogP contribution in [0.1, 0.15) is 28.4 Å². The first-order chi connectivity index (χ1) is 16.5. The van der Waals surface area contributed by atoms with Crippen molar-refractivity contribution >= 4 is 34.5 Å². The van der Waals surface area contributed by atoms with E-state index in [9.17, 15) is 14.0 Å². The third-order valence-corrected chi connectivity index (χ3v) is 5.08. The molecule has 7 heteroatoms. The summed E-state index contributed by atoms with van der Waals surface area (Å²) in [6, 6.07) is 24.4. The molecular weight excluding hydrogens is 433 g/mol. The number of rotatable bonds is 7. The van der Waals surface area contributed by atoms with Gasteiger partial charge in [-0.3, -0.25) is 9.59 Å². The zero-order chi connectivity index (χ0) is 23.9. The largest absolute Gasteiger partial charge is 0.488 e. The van der Waals surface area contributed by atoms with E-state index in [1.54, 1.807) is 48.5 Å². The van der Waals surface area contributed by atoms with Gasteiger partial charge in [0.15, 0.2) is 0 Å². The van der Waals surface area contributed by atoms with Gasteiger partial charge in [0.25, 0.3) is 5.91 Å². The summed E-state index contributed by atoms with van der Waals surface area (Å²) in [5.74, 6) is -0.494. The number of amides is 2. The van der Waals surface area contributed by atoms with Crippen molar-refractivity contribution in [3.05, 3.63) is 107 Å². The van der Waals surface area contributed by atoms with Gasteiger partial charge in [0.1, 0.15) is 18.2 Å². The van der Waals surface area contributed by atoms with E-state index in [2.05, 4.69) is 15.8 Å². The molecule has 0 atom stereocenters. The highest BCUT2D eigenvalue weighted by Gasteiger charge is 2.10. The summed E-state index contributed by atoms with van der Waals surface area (Å²) in [4.78, 5) is 23.8. The van der Waals surface area contributed by atoms with E-state index < -0.39 is 5.91 Å². The second kappa shape index (κ2) is 10.4. The number of ether oxygens (including phenoxy) is 1. The van der Waals surface area contributed by atoms with Crippen molar-refractivity contribution in [2.24, 2.45) is 5.10 Å². The topological polar surface area (TPSA) is 79.8 Å². The lowest BCUT2D eigenvalue weighted by Gasteiger charge is -2.12. The number of nitrogens with one attached hydrogen (secondary N) is 2. The second-order valence-corrected chi connectivity index (χ2v) is 7.54. The molecule has 0 saturated heterocycles. The number of anilines is 1. The fourth-order valence-corrected chi connectivity index (χ4v) is 3.47. The first kappa shape index (κ1) is 22.7. The van der Waals surface area contributed by atoms with E-state index in [1.165, 1.54) is 19.2 Å². The summed E-state index contributed by atoms with van der Waals surface area (Å²) < 4.78 is 19.9. The average Bonchev–Trinajstić information content (AvgIpc) is 2.84. The van der Waals surface area contributed by atoms with E-state index in [0.29, 0.717) is 28.1 Å². The molecule has 0 fully saturated rings. The van der Waals surface area contributed by atoms with Gasteiger partial charge in [-0.25, -0.2) is 9.82 Å². The number of halogens is 1. The monoisotopic (exact) mass is 455 g/mol. The number of carbonyl (C=O) groups excluding carboxylic acids is 2. The number of hydrogen-bond acceptors (Lipinski definition) is 4. The number of hydrogen-bond donors (Lipinski definition) is 2. The van der Waals surface area contributed by atoms with Crippen LogP contribution in [0.5, 0.6) is 5.75 Å². The van der Waals surface area contributed by atoms with Crippen LogP contribution in [0.3, 0.4) is 0 Å². The highest BCUT2D eigenvalue weighted by Crippen LogP contribution is 2.27. The summed E-state index contributed by atoms with van der Waals surface area (Å²) in [5.41, 5.74) is 4.46. The van der Waals surface area contributed by atoms with Crippen molar-refractivity contribution in [2.75, 3.05) is 5.32 Å². The molecule has 6 nitrogen and oxygen atoms in total. The lowest BCUT2D eigenvalue weighted by molar-refractivity contribution is -0.114. The molecule has 4 aromatic carbocycles. The van der Waals surface area contributed by atoms with E-state index in [1.807, 2.05) is 30.3 Å². The Kier molecular flexibility index (Phi) is 6.93. The molecule has 4 aromatic rings. The summed E-state index contributed by atoms with van der Waals surface area (Å²) in [7, 11) is 0. The Morgan fingerprint density at radius 3 is 2.59 bits per heavy atom. The first-order valence-electron chi connectivity index (χ1n) is 10.6. The highest BCUT2D eigenvalue weighted by atomic mass is 19.1. The van der Waals surface area contributed by atoms with Gasteiger partial charge >= 0.3 is 0 Å². The Labute approximate surface area is 196 Å². The molecule has 0 aromatic heterocycles. The normalized spacial score (nSPS) is 10.9. The van der Waals surface area contributed by atoms with Crippen LogP contribution in [0.25, 0.3) is 10.8 Å². The van der Waals surface area contributed by atoms with Crippen LogP contribution in [0, 0.1) is 5.82 Å². The Bertz CT molecular complexity index is 1380. The van der Waals surface area contributed by atoms with Crippen molar-refractivity contribution in [1.82, 2.24) is 5.43 Å². The maximum Gasteiger partial charge on any atom is 0.271 e. The fraction of sp³-hybridized carbons (Fsp3) is 0.0741. The van der Waals surface area contributed by atoms with Gasteiger partial charge < -0.3 is 10.1 Å². The third kappa shape index (κ3) is 5.45. The fourth-order valence-electron chi connectivity index (χ4n) is 3.47. The van der Waals surface area contributed by atoms with Crippen LogP contribution in [0.15, 0.2) is 90.0 Å². The lowest BCUT2D eigenvalue weighted by Crippen LogP contribution is -2.18. The maximum atomic E-state index is 14.0. The molecule has 0 radical (unpaired) electrons. The van der Waals surface area contributed by atoms with Crippen molar-refractivity contribution in [3.63, 3.8) is 0 Å². The Hall–Kier alpha value is -4.52. The Morgan fingerprint density at radius 1 is 0.971 bits per heavy atom. The van der Waals surface area contributed by atoms with Crippen LogP contribution in [-0.2, 0) is 11.4 Å². The van der Waals surface area contributed by atoms with Gasteiger partial charge in [-0.15, -0.1) is 0 Å². The third-order valence-electron chi connectivity index (χ3n) is 5.08. The van der Waals surface area contributed by atoms with Crippen LogP contribution in [0.2, 0.25) is 0 Å². The summed E-state index contributed by atoms with van der Waals surface area (Å²) in [5, 5.41) is 8.61. The number of nitrogens with zero attached hydrogens (tertiary/aromatic N) is 1. The summed E-state index contributed by atoms with van der Waals surface area (Å²) in [6.07, 6.45) is 1.51. The average molecular weight is 455 g/mol. The zero-order valence-corrected chi connectivity index (χ0v) is 18.4. The molecule has 0 aliphatic heterocycles. The SMILES string of the molecule is CC(=O)Nc1cccc(C(=O)N/N=C\c2c(OCc3ccccc3F)ccc3ccccc23)c1. The van der Waals surface area contributed by atoms with Gasteiger partial charge in [0.05, 0.1) is 6.21 Å². The van der Waals surface area contributed by atoms with Crippen molar-refractivity contribution in [2.45, 2.75) is 13.5 Å². The first-order valence-corrected chi connectivity index (χ1v) is 10.6. The molecule has 2 amide bonds. The number of hydrazone groups is 1. The predicted molar refractivity (Wildman–Crippen MR) is 130 cm³/mol. The standard InChI is InChI=1S/C27H22FN3O3/c1-18(32)30-22-10-6-9-20(15-22)27(33)31-29-16-24-23-11-4-2-7-19(23)13-14-26(24)34-17-21-8-3-5-12-25(21)28/h2-16H,17H2,1H3,(H,30,32)(H,31,33)/b29-16-. The van der Waals surface area contributed by atoms with Crippen LogP contribution in [0.4, 0.5) is 10.1 Å². The van der Waals surface area contributed by atoms with Crippen molar-refractivity contribution < 1.29 is 18.7 Å². The van der Waals surface area contributed by atoms with E-state index in [0.717, 1.165) is 10.8 Å². The molecule has 4 rings (SSSR count). The molecule has 0 aliphatic carbocycles. The molecule has 0 saturated carbocycles. The van der Waals surface area contributed by atoms with Gasteiger partial charge in [-0.2, -0.15) is 5.10 Å². The minimum absolute atomic E-state index is 0.0498. The maximum absolute atomic E-state index is 14.0. The summed E-state index contributed by atoms with van der Waals surface area (Å²) >= 11 is 0. The lowest BCUT2D eigenvalue weighted by atomic mass is 10.0. The van der Waals surface area contributed by atoms with Crippen molar-refractivity contribution in [3.8, 4) is 5.75 Å². The molecule has 0 bridgehead atoms.